The van der Waals surface area contributed by atoms with E-state index in [2.05, 4.69) is 31.8 Å². The molecule has 4 aromatic heterocycles. The minimum absolute atomic E-state index is 0.0421. The van der Waals surface area contributed by atoms with Crippen molar-refractivity contribution in [3.05, 3.63) is 65.9 Å². The summed E-state index contributed by atoms with van der Waals surface area (Å²) in [6, 6.07) is 9.53. The van der Waals surface area contributed by atoms with Gasteiger partial charge in [-0.25, -0.2) is 9.97 Å². The first-order valence-corrected chi connectivity index (χ1v) is 12.4. The number of carbonyl (C=O) groups is 1. The average Bonchev–Trinajstić information content (AvgIpc) is 3.51. The maximum absolute atomic E-state index is 13.3. The Kier molecular flexibility index (Phi) is 6.39. The molecule has 4 aromatic rings. The first-order valence-electron chi connectivity index (χ1n) is 12.4. The average molecular weight is 499 g/mol. The summed E-state index contributed by atoms with van der Waals surface area (Å²) < 4.78 is 3.55. The van der Waals surface area contributed by atoms with Gasteiger partial charge in [-0.05, 0) is 57.7 Å². The van der Waals surface area contributed by atoms with Gasteiger partial charge in [0, 0.05) is 55.4 Å². The number of aryl methyl sites for hydroxylation is 1. The van der Waals surface area contributed by atoms with Crippen LogP contribution in [0.2, 0.25) is 0 Å². The van der Waals surface area contributed by atoms with Crippen molar-refractivity contribution >= 4 is 22.6 Å². The lowest BCUT2D eigenvalue weighted by Crippen LogP contribution is -2.43. The van der Waals surface area contributed by atoms with E-state index in [-0.39, 0.29) is 18.0 Å². The number of fused-ring (bicyclic) bond motifs is 1. The summed E-state index contributed by atoms with van der Waals surface area (Å²) in [6.45, 7) is 4.02. The van der Waals surface area contributed by atoms with Crippen LogP contribution in [0.1, 0.15) is 61.1 Å². The van der Waals surface area contributed by atoms with Crippen molar-refractivity contribution in [3.63, 3.8) is 0 Å². The number of nitrogens with zero attached hydrogens (tertiary/aromatic N) is 6. The molecule has 37 heavy (non-hydrogen) atoms. The molecule has 1 amide bonds. The van der Waals surface area contributed by atoms with Gasteiger partial charge in [0.25, 0.3) is 5.91 Å². The van der Waals surface area contributed by atoms with Crippen molar-refractivity contribution in [3.8, 4) is 11.9 Å². The number of aromatic nitrogens is 5. The number of carbonyl (C=O) groups excluding carboxylic acids is 1. The molecule has 190 valence electrons. The predicted octanol–water partition coefficient (Wildman–Crippen LogP) is 3.41. The zero-order valence-electron chi connectivity index (χ0n) is 21.1. The molecule has 5 rings (SSSR count). The number of amides is 1. The smallest absolute Gasteiger partial charge is 0.255 e. The van der Waals surface area contributed by atoms with Crippen LogP contribution in [0.4, 0.5) is 5.69 Å². The van der Waals surface area contributed by atoms with Crippen molar-refractivity contribution < 1.29 is 9.90 Å². The van der Waals surface area contributed by atoms with Crippen LogP contribution in [0.3, 0.4) is 0 Å². The van der Waals surface area contributed by atoms with Gasteiger partial charge < -0.3 is 15.7 Å². The van der Waals surface area contributed by atoms with Crippen molar-refractivity contribution in [1.82, 2.24) is 29.6 Å². The number of nitrogens with one attached hydrogen (secondary N) is 2. The molecular formula is C27H30N8O2. The maximum Gasteiger partial charge on any atom is 0.255 e. The highest BCUT2D eigenvalue weighted by Gasteiger charge is 2.37. The fourth-order valence-corrected chi connectivity index (χ4v) is 5.05. The highest BCUT2D eigenvalue weighted by Crippen LogP contribution is 2.37. The van der Waals surface area contributed by atoms with E-state index >= 15 is 0 Å². The molecule has 1 fully saturated rings. The number of rotatable bonds is 6. The van der Waals surface area contributed by atoms with Crippen molar-refractivity contribution in [2.24, 2.45) is 7.05 Å². The molecule has 0 aromatic carbocycles. The lowest BCUT2D eigenvalue weighted by Gasteiger charge is -2.36. The fraction of sp³-hybridized carbons (Fsp3) is 0.370. The first kappa shape index (κ1) is 24.5. The third-order valence-corrected chi connectivity index (χ3v) is 6.93. The summed E-state index contributed by atoms with van der Waals surface area (Å²) >= 11 is 0. The first-order chi connectivity index (χ1) is 17.8. The van der Waals surface area contributed by atoms with Crippen LogP contribution in [0, 0.1) is 11.3 Å². The Bertz CT molecular complexity index is 1490. The monoisotopic (exact) mass is 498 g/mol. The van der Waals surface area contributed by atoms with Gasteiger partial charge in [0.1, 0.15) is 23.1 Å². The summed E-state index contributed by atoms with van der Waals surface area (Å²) in [5.74, 6) is 0.415. The second kappa shape index (κ2) is 9.67. The zero-order valence-corrected chi connectivity index (χ0v) is 21.1. The molecule has 3 N–H and O–H groups in total. The molecule has 1 saturated carbocycles. The molecule has 0 spiro atoms. The van der Waals surface area contributed by atoms with E-state index < -0.39 is 5.60 Å². The van der Waals surface area contributed by atoms with E-state index in [1.54, 1.807) is 23.1 Å². The summed E-state index contributed by atoms with van der Waals surface area (Å²) in [5.41, 5.74) is 2.19. The van der Waals surface area contributed by atoms with E-state index in [1.807, 2.05) is 49.9 Å². The van der Waals surface area contributed by atoms with E-state index in [4.69, 9.17) is 5.26 Å². The Balaban J connectivity index is 1.35. The van der Waals surface area contributed by atoms with E-state index in [0.717, 1.165) is 11.1 Å². The predicted molar refractivity (Wildman–Crippen MR) is 139 cm³/mol. The maximum atomic E-state index is 13.3. The summed E-state index contributed by atoms with van der Waals surface area (Å²) in [4.78, 5) is 22.3. The normalized spacial score (nSPS) is 19.6. The summed E-state index contributed by atoms with van der Waals surface area (Å²) in [7, 11) is 1.83. The van der Waals surface area contributed by atoms with E-state index in [0.29, 0.717) is 54.0 Å². The highest BCUT2D eigenvalue weighted by molar-refractivity contribution is 5.99. The molecule has 0 atom stereocenters. The van der Waals surface area contributed by atoms with E-state index in [9.17, 15) is 9.90 Å². The van der Waals surface area contributed by atoms with Gasteiger partial charge in [0.15, 0.2) is 0 Å². The Morgan fingerprint density at radius 2 is 2.00 bits per heavy atom. The van der Waals surface area contributed by atoms with Crippen LogP contribution in [-0.2, 0) is 12.6 Å². The zero-order chi connectivity index (χ0) is 26.2. The van der Waals surface area contributed by atoms with Crippen LogP contribution in [-0.4, -0.2) is 47.4 Å². The Morgan fingerprint density at radius 3 is 2.68 bits per heavy atom. The Morgan fingerprint density at radius 1 is 1.22 bits per heavy atom. The van der Waals surface area contributed by atoms with E-state index in [1.165, 1.54) is 6.20 Å². The van der Waals surface area contributed by atoms with Crippen molar-refractivity contribution in [2.45, 2.75) is 57.2 Å². The van der Waals surface area contributed by atoms with Gasteiger partial charge >= 0.3 is 0 Å². The number of pyridine rings is 2. The van der Waals surface area contributed by atoms with Crippen molar-refractivity contribution in [2.75, 3.05) is 5.32 Å². The molecule has 10 nitrogen and oxygen atoms in total. The van der Waals surface area contributed by atoms with Gasteiger partial charge in [0.2, 0.25) is 0 Å². The molecule has 0 unspecified atom stereocenters. The molecule has 1 aliphatic rings. The van der Waals surface area contributed by atoms with Gasteiger partial charge in [-0.15, -0.1) is 0 Å². The number of hydrogen-bond acceptors (Lipinski definition) is 7. The van der Waals surface area contributed by atoms with Crippen molar-refractivity contribution in [1.29, 1.82) is 5.26 Å². The summed E-state index contributed by atoms with van der Waals surface area (Å²) in [5, 5.41) is 31.8. The molecule has 0 radical (unpaired) electrons. The number of anilines is 1. The Labute approximate surface area is 215 Å². The molecule has 1 aliphatic carbocycles. The van der Waals surface area contributed by atoms with Crippen LogP contribution >= 0.6 is 0 Å². The molecular weight excluding hydrogens is 468 g/mol. The van der Waals surface area contributed by atoms with Gasteiger partial charge in [0.05, 0.1) is 22.5 Å². The highest BCUT2D eigenvalue weighted by atomic mass is 16.3. The van der Waals surface area contributed by atoms with Crippen LogP contribution < -0.4 is 10.6 Å². The van der Waals surface area contributed by atoms with Gasteiger partial charge in [-0.3, -0.25) is 14.0 Å². The third-order valence-electron chi connectivity index (χ3n) is 6.93. The van der Waals surface area contributed by atoms with Crippen LogP contribution in [0.15, 0.2) is 49.1 Å². The molecule has 0 saturated heterocycles. The molecule has 10 heteroatoms. The van der Waals surface area contributed by atoms with Gasteiger partial charge in [-0.2, -0.15) is 10.4 Å². The lowest BCUT2D eigenvalue weighted by molar-refractivity contribution is -0.0149. The third kappa shape index (κ3) is 4.78. The van der Waals surface area contributed by atoms with Gasteiger partial charge in [-0.1, -0.05) is 0 Å². The minimum atomic E-state index is -0.929. The number of nitriles is 1. The number of aliphatic hydroxyl groups is 1. The fourth-order valence-electron chi connectivity index (χ4n) is 5.05. The topological polar surface area (TPSA) is 134 Å². The minimum Gasteiger partial charge on any atom is -0.384 e. The summed E-state index contributed by atoms with van der Waals surface area (Å²) in [6.07, 6.45) is 9.09. The SMILES string of the molecule is CC(C)Nc1cc(-n2ccc3cc(C#N)cnc32)ncc1C(=O)N[C@H]1CC[C@](O)(c2ccnn2C)CC1. The standard InChI is InChI=1S/C27H30N8O2/c1-17(2)32-22-13-24(35-11-7-19-12-18(14-28)15-30-25(19)35)29-16-21(22)26(36)33-20-4-8-27(37,9-5-20)23-6-10-31-34(23)3/h6-7,10-13,15-17,20,37H,4-5,8-9H2,1-3H3,(H,29,32)(H,33,36)/t20-,27+. The quantitative estimate of drug-likeness (QED) is 0.371. The molecule has 4 heterocycles. The van der Waals surface area contributed by atoms with Crippen LogP contribution in [0.25, 0.3) is 16.9 Å². The Hall–Kier alpha value is -4.23. The van der Waals surface area contributed by atoms with Crippen LogP contribution in [0.5, 0.6) is 0 Å². The molecule has 0 aliphatic heterocycles. The molecule has 0 bridgehead atoms. The largest absolute Gasteiger partial charge is 0.384 e. The second-order valence-electron chi connectivity index (χ2n) is 9.94. The lowest BCUT2D eigenvalue weighted by atomic mass is 9.80. The number of hydrogen-bond donors (Lipinski definition) is 3. The second-order valence-corrected chi connectivity index (χ2v) is 9.94.